The van der Waals surface area contributed by atoms with E-state index >= 15 is 0 Å². The van der Waals surface area contributed by atoms with Crippen LogP contribution in [0.3, 0.4) is 0 Å². The highest BCUT2D eigenvalue weighted by Crippen LogP contribution is 2.40. The van der Waals surface area contributed by atoms with Crippen molar-refractivity contribution < 1.29 is 23.7 Å². The number of para-hydroxylation sites is 2. The molecule has 0 bridgehead atoms. The van der Waals surface area contributed by atoms with Gasteiger partial charge in [0.25, 0.3) is 0 Å². The van der Waals surface area contributed by atoms with Crippen LogP contribution in [0.4, 0.5) is 5.69 Å². The summed E-state index contributed by atoms with van der Waals surface area (Å²) in [6.45, 7) is -0.116. The average Bonchev–Trinajstić information content (AvgIpc) is 3.21. The molecule has 1 aromatic heterocycles. The van der Waals surface area contributed by atoms with E-state index in [0.29, 0.717) is 40.1 Å². The van der Waals surface area contributed by atoms with Gasteiger partial charge < -0.3 is 24.3 Å². The Morgan fingerprint density at radius 1 is 0.966 bits per heavy atom. The van der Waals surface area contributed by atoms with Gasteiger partial charge in [-0.25, -0.2) is 0 Å². The number of amides is 1. The lowest BCUT2D eigenvalue weighted by atomic mass is 10.1. The first-order chi connectivity index (χ1) is 14.1. The molecule has 1 N–H and O–H groups in total. The molecular formula is C19H21N5O5. The molecule has 152 valence electrons. The molecule has 0 aliphatic heterocycles. The van der Waals surface area contributed by atoms with Gasteiger partial charge in [0.05, 0.1) is 34.1 Å². The second kappa shape index (κ2) is 8.91. The third-order valence-corrected chi connectivity index (χ3v) is 4.04. The fourth-order valence-electron chi connectivity index (χ4n) is 2.70. The van der Waals surface area contributed by atoms with Crippen molar-refractivity contribution in [1.29, 1.82) is 0 Å². The first-order valence-corrected chi connectivity index (χ1v) is 8.60. The predicted molar refractivity (Wildman–Crippen MR) is 105 cm³/mol. The maximum atomic E-state index is 12.3. The maximum absolute atomic E-state index is 12.3. The van der Waals surface area contributed by atoms with Crippen molar-refractivity contribution in [2.24, 2.45) is 0 Å². The highest BCUT2D eigenvalue weighted by atomic mass is 16.5. The molecule has 1 amide bonds. The molecule has 3 aromatic rings. The quantitative estimate of drug-likeness (QED) is 0.613. The Balaban J connectivity index is 1.78. The number of nitrogens with zero attached hydrogens (tertiary/aromatic N) is 4. The van der Waals surface area contributed by atoms with Gasteiger partial charge in [0.2, 0.25) is 17.5 Å². The fraction of sp³-hybridized carbons (Fsp3) is 0.263. The first-order valence-electron chi connectivity index (χ1n) is 8.60. The minimum atomic E-state index is -0.316. The van der Waals surface area contributed by atoms with Crippen LogP contribution in [-0.2, 0) is 11.3 Å². The summed E-state index contributed by atoms with van der Waals surface area (Å²) in [5.74, 6) is 1.95. The van der Waals surface area contributed by atoms with Crippen molar-refractivity contribution in [3.05, 3.63) is 36.4 Å². The zero-order valence-electron chi connectivity index (χ0n) is 16.5. The second-order valence-corrected chi connectivity index (χ2v) is 5.81. The molecule has 0 aliphatic carbocycles. The third-order valence-electron chi connectivity index (χ3n) is 4.04. The van der Waals surface area contributed by atoms with Gasteiger partial charge in [0, 0.05) is 5.56 Å². The zero-order chi connectivity index (χ0) is 20.8. The van der Waals surface area contributed by atoms with E-state index < -0.39 is 0 Å². The Hall–Kier alpha value is -3.82. The van der Waals surface area contributed by atoms with Gasteiger partial charge in [0.1, 0.15) is 12.3 Å². The van der Waals surface area contributed by atoms with E-state index in [-0.39, 0.29) is 12.5 Å². The van der Waals surface area contributed by atoms with Crippen molar-refractivity contribution in [1.82, 2.24) is 20.2 Å². The van der Waals surface area contributed by atoms with Crippen LogP contribution < -0.4 is 24.3 Å². The summed E-state index contributed by atoms with van der Waals surface area (Å²) in [6, 6.07) is 10.5. The van der Waals surface area contributed by atoms with Crippen LogP contribution in [-0.4, -0.2) is 54.6 Å². The number of rotatable bonds is 8. The number of benzene rings is 2. The smallest absolute Gasteiger partial charge is 0.248 e. The number of aromatic nitrogens is 4. The van der Waals surface area contributed by atoms with Crippen LogP contribution in [0.1, 0.15) is 0 Å². The highest BCUT2D eigenvalue weighted by molar-refractivity contribution is 5.92. The summed E-state index contributed by atoms with van der Waals surface area (Å²) in [4.78, 5) is 13.5. The summed E-state index contributed by atoms with van der Waals surface area (Å²) < 4.78 is 21.2. The van der Waals surface area contributed by atoms with E-state index in [9.17, 15) is 4.79 Å². The maximum Gasteiger partial charge on any atom is 0.248 e. The largest absolute Gasteiger partial charge is 0.495 e. The summed E-state index contributed by atoms with van der Waals surface area (Å²) >= 11 is 0. The Labute approximate surface area is 167 Å². The van der Waals surface area contributed by atoms with Gasteiger partial charge in [-0.15, -0.1) is 10.2 Å². The summed E-state index contributed by atoms with van der Waals surface area (Å²) in [5.41, 5.74) is 1.17. The van der Waals surface area contributed by atoms with Gasteiger partial charge in [0.15, 0.2) is 11.5 Å². The molecule has 0 radical (unpaired) electrons. The zero-order valence-corrected chi connectivity index (χ0v) is 16.5. The lowest BCUT2D eigenvalue weighted by molar-refractivity contribution is -0.117. The van der Waals surface area contributed by atoms with E-state index in [1.807, 2.05) is 6.07 Å². The normalized spacial score (nSPS) is 10.3. The number of ether oxygens (including phenoxy) is 4. The number of methoxy groups -OCH3 is 4. The molecule has 0 fully saturated rings. The molecule has 29 heavy (non-hydrogen) atoms. The van der Waals surface area contributed by atoms with Crippen molar-refractivity contribution in [3.63, 3.8) is 0 Å². The molecule has 3 rings (SSSR count). The summed E-state index contributed by atoms with van der Waals surface area (Å²) in [6.07, 6.45) is 0. The first kappa shape index (κ1) is 19.9. The van der Waals surface area contributed by atoms with E-state index in [1.54, 1.807) is 30.3 Å². The van der Waals surface area contributed by atoms with Crippen LogP contribution >= 0.6 is 0 Å². The molecule has 0 saturated carbocycles. The van der Waals surface area contributed by atoms with Gasteiger partial charge in [-0.1, -0.05) is 12.1 Å². The van der Waals surface area contributed by atoms with Crippen LogP contribution in [0.5, 0.6) is 23.0 Å². The van der Waals surface area contributed by atoms with Crippen LogP contribution in [0.2, 0.25) is 0 Å². The lowest BCUT2D eigenvalue weighted by Gasteiger charge is -2.12. The van der Waals surface area contributed by atoms with Crippen LogP contribution in [0, 0.1) is 0 Å². The summed E-state index contributed by atoms with van der Waals surface area (Å²) in [7, 11) is 6.10. The standard InChI is InChI=1S/C19H21N5O5/c1-26-14-8-6-5-7-13(14)20-17(25)11-24-22-19(21-23-24)12-9-15(27-2)18(29-4)16(10-12)28-3/h5-10H,11H2,1-4H3,(H,20,25). The van der Waals surface area contributed by atoms with Crippen molar-refractivity contribution in [2.45, 2.75) is 6.54 Å². The van der Waals surface area contributed by atoms with Gasteiger partial charge in [-0.05, 0) is 29.5 Å². The van der Waals surface area contributed by atoms with Gasteiger partial charge >= 0.3 is 0 Å². The molecular weight excluding hydrogens is 378 g/mol. The third kappa shape index (κ3) is 4.37. The van der Waals surface area contributed by atoms with Gasteiger partial charge in [-0.2, -0.15) is 4.80 Å². The molecule has 0 spiro atoms. The Morgan fingerprint density at radius 3 is 2.24 bits per heavy atom. The minimum absolute atomic E-state index is 0.116. The van der Waals surface area contributed by atoms with Crippen molar-refractivity contribution in [3.8, 4) is 34.4 Å². The molecule has 0 aliphatic rings. The molecule has 0 atom stereocenters. The molecule has 2 aromatic carbocycles. The van der Waals surface area contributed by atoms with E-state index in [4.69, 9.17) is 18.9 Å². The Kier molecular flexibility index (Phi) is 6.12. The second-order valence-electron chi connectivity index (χ2n) is 5.81. The number of carbonyl (C=O) groups excluding carboxylic acids is 1. The SMILES string of the molecule is COc1ccccc1NC(=O)Cn1nnc(-c2cc(OC)c(OC)c(OC)c2)n1. The summed E-state index contributed by atoms with van der Waals surface area (Å²) in [5, 5.41) is 15.0. The van der Waals surface area contributed by atoms with Crippen LogP contribution in [0.15, 0.2) is 36.4 Å². The number of anilines is 1. The number of hydrogen-bond acceptors (Lipinski definition) is 8. The molecule has 10 heteroatoms. The Bertz CT molecular complexity index is 979. The lowest BCUT2D eigenvalue weighted by Crippen LogP contribution is -2.20. The van der Waals surface area contributed by atoms with Gasteiger partial charge in [-0.3, -0.25) is 4.79 Å². The average molecular weight is 399 g/mol. The van der Waals surface area contributed by atoms with E-state index in [1.165, 1.54) is 33.2 Å². The number of nitrogens with one attached hydrogen (secondary N) is 1. The van der Waals surface area contributed by atoms with E-state index in [0.717, 1.165) is 0 Å². The topological polar surface area (TPSA) is 110 Å². The number of tetrazole rings is 1. The minimum Gasteiger partial charge on any atom is -0.495 e. The molecule has 0 saturated heterocycles. The molecule has 1 heterocycles. The number of hydrogen-bond donors (Lipinski definition) is 1. The van der Waals surface area contributed by atoms with E-state index in [2.05, 4.69) is 20.7 Å². The fourth-order valence-corrected chi connectivity index (χ4v) is 2.70. The Morgan fingerprint density at radius 2 is 1.62 bits per heavy atom. The number of carbonyl (C=O) groups is 1. The monoisotopic (exact) mass is 399 g/mol. The molecule has 0 unspecified atom stereocenters. The van der Waals surface area contributed by atoms with Crippen molar-refractivity contribution >= 4 is 11.6 Å². The van der Waals surface area contributed by atoms with Crippen LogP contribution in [0.25, 0.3) is 11.4 Å². The highest BCUT2D eigenvalue weighted by Gasteiger charge is 2.17. The predicted octanol–water partition coefficient (Wildman–Crippen LogP) is 2.01. The van der Waals surface area contributed by atoms with Crippen molar-refractivity contribution in [2.75, 3.05) is 33.8 Å². The molecule has 10 nitrogen and oxygen atoms in total.